The minimum atomic E-state index is -0.661. The van der Waals surface area contributed by atoms with Gasteiger partial charge in [0.05, 0.1) is 29.4 Å². The maximum atomic E-state index is 12.4. The van der Waals surface area contributed by atoms with Crippen LogP contribution in [-0.2, 0) is 9.53 Å². The summed E-state index contributed by atoms with van der Waals surface area (Å²) in [7, 11) is 1.27. The van der Waals surface area contributed by atoms with Gasteiger partial charge in [-0.1, -0.05) is 42.1 Å². The Hall–Kier alpha value is -3.39. The first-order valence-electron chi connectivity index (χ1n) is 8.88. The van der Waals surface area contributed by atoms with Gasteiger partial charge in [0.15, 0.2) is 0 Å². The molecule has 0 bridgehead atoms. The van der Waals surface area contributed by atoms with Crippen molar-refractivity contribution in [3.8, 4) is 0 Å². The van der Waals surface area contributed by atoms with E-state index in [9.17, 15) is 9.90 Å². The van der Waals surface area contributed by atoms with Crippen LogP contribution >= 0.6 is 11.8 Å². The molecule has 0 amide bonds. The predicted molar refractivity (Wildman–Crippen MR) is 113 cm³/mol. The molecule has 0 spiro atoms. The van der Waals surface area contributed by atoms with Crippen LogP contribution in [0.25, 0.3) is 27.5 Å². The monoisotopic (exact) mass is 406 g/mol. The van der Waals surface area contributed by atoms with Crippen LogP contribution in [0, 0.1) is 6.92 Å². The number of aliphatic hydroxyl groups excluding tert-OH is 1. The number of methoxy groups -OCH3 is 1. The maximum Gasteiger partial charge on any atom is 0.345 e. The number of ether oxygens (including phenoxy) is 1. The van der Waals surface area contributed by atoms with Gasteiger partial charge in [-0.2, -0.15) is 0 Å². The van der Waals surface area contributed by atoms with Crippen molar-refractivity contribution in [2.24, 2.45) is 0 Å². The summed E-state index contributed by atoms with van der Waals surface area (Å²) in [6.07, 6.45) is 0. The third-order valence-electron chi connectivity index (χ3n) is 4.33. The first-order valence-corrected chi connectivity index (χ1v) is 9.87. The third-order valence-corrected chi connectivity index (χ3v) is 5.33. The van der Waals surface area contributed by atoms with Gasteiger partial charge in [0.25, 0.3) is 0 Å². The van der Waals surface area contributed by atoms with Crippen molar-refractivity contribution in [3.63, 3.8) is 0 Å². The van der Waals surface area contributed by atoms with Crippen LogP contribution in [0.2, 0.25) is 0 Å². The molecule has 0 aliphatic rings. The lowest BCUT2D eigenvalue weighted by molar-refractivity contribution is -0.133. The lowest BCUT2D eigenvalue weighted by Crippen LogP contribution is -2.10. The second-order valence-corrected chi connectivity index (χ2v) is 7.26. The number of para-hydroxylation sites is 3. The van der Waals surface area contributed by atoms with E-state index in [1.165, 1.54) is 18.9 Å². The van der Waals surface area contributed by atoms with Crippen LogP contribution in [0.15, 0.2) is 59.3 Å². The molecule has 0 radical (unpaired) electrons. The van der Waals surface area contributed by atoms with Crippen LogP contribution in [-0.4, -0.2) is 43.9 Å². The SMILES string of the molecule is COC(=O)/C(=C(/O)CSc1nc(C)nc2ccccc12)c1nc2ccccc2[nH]1. The van der Waals surface area contributed by atoms with Crippen LogP contribution in [0.1, 0.15) is 11.6 Å². The number of benzene rings is 2. The normalized spacial score (nSPS) is 12.2. The first kappa shape index (κ1) is 18.9. The number of hydrogen-bond donors (Lipinski definition) is 2. The number of aromatic nitrogens is 4. The minimum absolute atomic E-state index is 0.00582. The maximum absolute atomic E-state index is 12.4. The van der Waals surface area contributed by atoms with Crippen molar-refractivity contribution < 1.29 is 14.6 Å². The number of H-pyrrole nitrogens is 1. The van der Waals surface area contributed by atoms with Crippen molar-refractivity contribution in [1.29, 1.82) is 0 Å². The molecule has 0 aliphatic heterocycles. The van der Waals surface area contributed by atoms with E-state index in [1.807, 2.05) is 55.5 Å². The van der Waals surface area contributed by atoms with E-state index < -0.39 is 5.97 Å². The molecule has 0 atom stereocenters. The smallest absolute Gasteiger partial charge is 0.345 e. The lowest BCUT2D eigenvalue weighted by atomic mass is 10.2. The van der Waals surface area contributed by atoms with Gasteiger partial charge in [0, 0.05) is 5.39 Å². The Labute approximate surface area is 170 Å². The molecule has 29 heavy (non-hydrogen) atoms. The number of nitrogens with one attached hydrogen (secondary N) is 1. The van der Waals surface area contributed by atoms with Crippen LogP contribution < -0.4 is 0 Å². The van der Waals surface area contributed by atoms with Gasteiger partial charge in [-0.15, -0.1) is 0 Å². The number of aliphatic hydroxyl groups is 1. The summed E-state index contributed by atoms with van der Waals surface area (Å²) in [5, 5.41) is 12.4. The van der Waals surface area contributed by atoms with Gasteiger partial charge >= 0.3 is 5.97 Å². The van der Waals surface area contributed by atoms with E-state index in [2.05, 4.69) is 19.9 Å². The number of imidazole rings is 1. The van der Waals surface area contributed by atoms with Crippen molar-refractivity contribution in [1.82, 2.24) is 19.9 Å². The average Bonchev–Trinajstić information content (AvgIpc) is 3.15. The Balaban J connectivity index is 1.71. The zero-order chi connectivity index (χ0) is 20.4. The highest BCUT2D eigenvalue weighted by Crippen LogP contribution is 2.29. The second-order valence-electron chi connectivity index (χ2n) is 6.30. The molecular formula is C21H18N4O3S. The molecule has 2 aromatic heterocycles. The van der Waals surface area contributed by atoms with Gasteiger partial charge in [-0.3, -0.25) is 0 Å². The molecule has 2 aromatic carbocycles. The van der Waals surface area contributed by atoms with Gasteiger partial charge in [-0.25, -0.2) is 19.7 Å². The molecule has 8 heteroatoms. The van der Waals surface area contributed by atoms with Crippen molar-refractivity contribution >= 4 is 45.2 Å². The number of carbonyl (C=O) groups is 1. The van der Waals surface area contributed by atoms with E-state index in [4.69, 9.17) is 4.74 Å². The summed E-state index contributed by atoms with van der Waals surface area (Å²) >= 11 is 1.32. The van der Waals surface area contributed by atoms with E-state index in [-0.39, 0.29) is 22.9 Å². The zero-order valence-electron chi connectivity index (χ0n) is 15.8. The Bertz CT molecular complexity index is 1220. The zero-order valence-corrected chi connectivity index (χ0v) is 16.7. The molecule has 0 saturated carbocycles. The fraction of sp³-hybridized carbons (Fsp3) is 0.143. The Kier molecular flexibility index (Phi) is 5.18. The molecule has 0 saturated heterocycles. The summed E-state index contributed by atoms with van der Waals surface area (Å²) < 4.78 is 4.87. The van der Waals surface area contributed by atoms with Gasteiger partial charge in [0.2, 0.25) is 0 Å². The highest BCUT2D eigenvalue weighted by Gasteiger charge is 2.22. The summed E-state index contributed by atoms with van der Waals surface area (Å²) in [6, 6.07) is 15.1. The highest BCUT2D eigenvalue weighted by molar-refractivity contribution is 7.99. The third kappa shape index (κ3) is 3.79. The number of carbonyl (C=O) groups excluding carboxylic acids is 1. The molecule has 0 unspecified atom stereocenters. The number of hydrogen-bond acceptors (Lipinski definition) is 7. The Morgan fingerprint density at radius 3 is 2.55 bits per heavy atom. The summed E-state index contributed by atoms with van der Waals surface area (Å²) in [6.45, 7) is 1.82. The summed E-state index contributed by atoms with van der Waals surface area (Å²) in [4.78, 5) is 28.8. The van der Waals surface area contributed by atoms with Crippen molar-refractivity contribution in [2.75, 3.05) is 12.9 Å². The highest BCUT2D eigenvalue weighted by atomic mass is 32.2. The van der Waals surface area contributed by atoms with E-state index in [0.29, 0.717) is 11.3 Å². The Morgan fingerprint density at radius 1 is 1.07 bits per heavy atom. The van der Waals surface area contributed by atoms with Crippen molar-refractivity contribution in [2.45, 2.75) is 11.9 Å². The van der Waals surface area contributed by atoms with Crippen LogP contribution in [0.4, 0.5) is 0 Å². The topological polar surface area (TPSA) is 101 Å². The number of aromatic amines is 1. The average molecular weight is 406 g/mol. The quantitative estimate of drug-likeness (QED) is 0.169. The van der Waals surface area contributed by atoms with E-state index in [0.717, 1.165) is 21.4 Å². The van der Waals surface area contributed by atoms with Crippen LogP contribution in [0.5, 0.6) is 0 Å². The molecule has 0 aliphatic carbocycles. The molecule has 2 heterocycles. The number of fused-ring (bicyclic) bond motifs is 2. The fourth-order valence-electron chi connectivity index (χ4n) is 3.00. The Morgan fingerprint density at radius 2 is 1.79 bits per heavy atom. The molecule has 146 valence electrons. The van der Waals surface area contributed by atoms with Gasteiger partial charge in [-0.05, 0) is 25.1 Å². The summed E-state index contributed by atoms with van der Waals surface area (Å²) in [5.41, 5.74) is 2.30. The number of esters is 1. The first-order chi connectivity index (χ1) is 14.1. The number of rotatable bonds is 5. The molecule has 2 N–H and O–H groups in total. The summed E-state index contributed by atoms with van der Waals surface area (Å²) in [5.74, 6) is 0.231. The number of thioether (sulfide) groups is 1. The standard InChI is InChI=1S/C21H18N4O3S/c1-12-22-14-8-4-3-7-13(14)20(23-12)29-11-17(26)18(21(27)28-2)19-24-15-9-5-6-10-16(15)25-19/h3-10,26H,11H2,1-2H3,(H,24,25)/b18-17+. The number of nitrogens with zero attached hydrogens (tertiary/aromatic N) is 3. The largest absolute Gasteiger partial charge is 0.510 e. The van der Waals surface area contributed by atoms with Gasteiger partial charge in [0.1, 0.15) is 28.0 Å². The predicted octanol–water partition coefficient (Wildman–Crippen LogP) is 4.05. The van der Waals surface area contributed by atoms with E-state index >= 15 is 0 Å². The van der Waals surface area contributed by atoms with Crippen molar-refractivity contribution in [3.05, 3.63) is 65.9 Å². The molecular weight excluding hydrogens is 388 g/mol. The molecule has 4 rings (SSSR count). The lowest BCUT2D eigenvalue weighted by Gasteiger charge is -2.09. The molecule has 4 aromatic rings. The minimum Gasteiger partial charge on any atom is -0.510 e. The van der Waals surface area contributed by atoms with E-state index in [1.54, 1.807) is 0 Å². The van der Waals surface area contributed by atoms with Gasteiger partial charge < -0.3 is 14.8 Å². The second kappa shape index (κ2) is 7.92. The number of aryl methyl sites for hydroxylation is 1. The fourth-order valence-corrected chi connectivity index (χ4v) is 3.94. The molecule has 0 fully saturated rings. The molecule has 7 nitrogen and oxygen atoms in total. The van der Waals surface area contributed by atoms with Crippen LogP contribution in [0.3, 0.4) is 0 Å².